The Morgan fingerprint density at radius 1 is 1.09 bits per heavy atom. The molecule has 0 unspecified atom stereocenters. The molecule has 1 aromatic carbocycles. The summed E-state index contributed by atoms with van der Waals surface area (Å²) in [6.45, 7) is 3.35. The zero-order chi connectivity index (χ0) is 39.7. The second kappa shape index (κ2) is 15.9. The number of pyridine rings is 1. The number of carboxylic acid groups (broad SMARTS) is 2. The first-order chi connectivity index (χ1) is 26.8. The van der Waals surface area contributed by atoms with Crippen LogP contribution in [-0.2, 0) is 37.1 Å². The second-order valence-electron chi connectivity index (χ2n) is 14.6. The molecule has 3 aliphatic rings. The fourth-order valence-corrected chi connectivity index (χ4v) is 8.98. The van der Waals surface area contributed by atoms with Gasteiger partial charge in [-0.05, 0) is 38.3 Å². The van der Waals surface area contributed by atoms with Crippen molar-refractivity contribution in [2.45, 2.75) is 82.5 Å². The number of nitrogens with zero attached hydrogens (tertiary/aromatic N) is 7. The number of aliphatic carboxylic acids is 2. The number of Topliss-reactive ketones (excluding diaryl/α,β-unsaturated/α-hetero) is 1. The first-order valence-electron chi connectivity index (χ1n) is 18.2. The molecule has 5 heterocycles. The zero-order valence-corrected chi connectivity index (χ0v) is 32.5. The van der Waals surface area contributed by atoms with Crippen LogP contribution in [0.5, 0.6) is 0 Å². The number of carbonyl (C=O) groups is 4. The van der Waals surface area contributed by atoms with Crippen molar-refractivity contribution in [1.82, 2.24) is 18.8 Å². The number of aromatic nitrogens is 4. The van der Waals surface area contributed by atoms with Crippen molar-refractivity contribution in [3.8, 4) is 0 Å². The molecule has 1 saturated carbocycles. The molecule has 2 atom stereocenters. The number of aliphatic imine (C=N–C) groups is 1. The van der Waals surface area contributed by atoms with Crippen LogP contribution in [0, 0.1) is 5.92 Å². The summed E-state index contributed by atoms with van der Waals surface area (Å²) in [4.78, 5) is 66.6. The van der Waals surface area contributed by atoms with E-state index in [-0.39, 0.29) is 35.3 Å². The Balaban J connectivity index is 1.06. The summed E-state index contributed by atoms with van der Waals surface area (Å²) in [5.74, 6) is -3.90. The molecule has 4 aromatic rings. The van der Waals surface area contributed by atoms with E-state index in [9.17, 15) is 29.4 Å². The Labute approximate surface area is 330 Å². The van der Waals surface area contributed by atoms with Gasteiger partial charge in [-0.1, -0.05) is 48.7 Å². The number of carboxylic acids is 2. The van der Waals surface area contributed by atoms with Crippen LogP contribution in [0.3, 0.4) is 0 Å². The number of rotatable bonds is 14. The first-order valence-corrected chi connectivity index (χ1v) is 20.0. The normalized spacial score (nSPS) is 19.5. The van der Waals surface area contributed by atoms with Crippen molar-refractivity contribution in [3.05, 3.63) is 83.1 Å². The molecule has 56 heavy (non-hydrogen) atoms. The molecule has 0 radical (unpaired) electrons. The van der Waals surface area contributed by atoms with Gasteiger partial charge in [-0.15, -0.1) is 11.8 Å². The molecule has 16 nitrogen and oxygen atoms in total. The zero-order valence-electron chi connectivity index (χ0n) is 30.8. The number of hydrogen-bond acceptors (Lipinski definition) is 12. The van der Waals surface area contributed by atoms with Gasteiger partial charge < -0.3 is 31.1 Å². The molecule has 1 aliphatic carbocycles. The number of anilines is 1. The maximum absolute atomic E-state index is 13.6. The number of hydrogen-bond donors (Lipinski definition) is 4. The number of carbonyl (C=O) groups excluding carboxylic acids is 2. The van der Waals surface area contributed by atoms with E-state index in [0.29, 0.717) is 29.7 Å². The monoisotopic (exact) mass is 800 g/mol. The summed E-state index contributed by atoms with van der Waals surface area (Å²) in [7, 11) is 0. The number of thioether (sulfide) groups is 1. The minimum atomic E-state index is -1.77. The molecule has 0 spiro atoms. The molecule has 6 N–H and O–H groups in total. The third-order valence-corrected chi connectivity index (χ3v) is 12.2. The SMILES string of the molecule is CC(C)(O/N=C(\C(=O)C[C@@H]1C(=O)N2C(C(=O)O)=C(C[n+]3cccc4c3ccn4Cc3ccc(C(N)=NC4CCCCC4)cc3)CS[C@H]12)c1nsc(N)n1)C(=O)O. The van der Waals surface area contributed by atoms with Crippen molar-refractivity contribution in [2.24, 2.45) is 21.8 Å². The quantitative estimate of drug-likeness (QED) is 0.0472. The van der Waals surface area contributed by atoms with Crippen molar-refractivity contribution in [1.29, 1.82) is 0 Å². The van der Waals surface area contributed by atoms with Crippen LogP contribution in [0.1, 0.15) is 69.3 Å². The lowest BCUT2D eigenvalue weighted by Gasteiger charge is -2.49. The number of amides is 1. The standard InChI is InChI=1S/C38H41N9O7S2/c1-38(2,36(52)53)54-43-29(32-42-37(40)56-44-32)28(48)17-25-33(49)47-30(35(50)51)23(20-55-34(25)47)19-45-15-6-9-26-27(45)14-16-46(26)18-21-10-12-22(13-11-21)31(39)41-24-7-4-3-5-8-24/h6,9-16,24-25,34H,3-5,7-8,17-20H2,1-2H3,(H5-,39,40,41,42,44,50,51,52,53)/p+1/b43-29+/t25-,34-/m1/s1. The minimum Gasteiger partial charge on any atom is -0.478 e. The Morgan fingerprint density at radius 3 is 2.52 bits per heavy atom. The van der Waals surface area contributed by atoms with Crippen LogP contribution in [-0.4, -0.2) is 87.0 Å². The molecule has 1 amide bonds. The van der Waals surface area contributed by atoms with Crippen molar-refractivity contribution in [2.75, 3.05) is 11.5 Å². The van der Waals surface area contributed by atoms with Crippen molar-refractivity contribution < 1.29 is 38.8 Å². The fourth-order valence-electron chi connectivity index (χ4n) is 7.14. The molecule has 2 fully saturated rings. The Kier molecular flexibility index (Phi) is 10.9. The predicted molar refractivity (Wildman–Crippen MR) is 210 cm³/mol. The highest BCUT2D eigenvalue weighted by molar-refractivity contribution is 8.00. The predicted octanol–water partition coefficient (Wildman–Crippen LogP) is 3.56. The number of amidine groups is 1. The number of fused-ring (bicyclic) bond motifs is 2. The van der Waals surface area contributed by atoms with E-state index >= 15 is 0 Å². The highest BCUT2D eigenvalue weighted by Gasteiger charge is 2.54. The van der Waals surface area contributed by atoms with Gasteiger partial charge in [-0.3, -0.25) is 19.5 Å². The van der Waals surface area contributed by atoms with Gasteiger partial charge >= 0.3 is 11.9 Å². The summed E-state index contributed by atoms with van der Waals surface area (Å²) in [6, 6.07) is 14.3. The van der Waals surface area contributed by atoms with Crippen LogP contribution in [0.2, 0.25) is 0 Å². The maximum atomic E-state index is 13.6. The van der Waals surface area contributed by atoms with Crippen LogP contribution >= 0.6 is 23.3 Å². The molecule has 3 aromatic heterocycles. The van der Waals surface area contributed by atoms with Crippen LogP contribution in [0.4, 0.5) is 5.13 Å². The van der Waals surface area contributed by atoms with Gasteiger partial charge in [0.25, 0.3) is 0 Å². The molecule has 1 saturated heterocycles. The second-order valence-corrected chi connectivity index (χ2v) is 16.4. The number of nitrogens with two attached hydrogens (primary N) is 2. The Bertz CT molecular complexity index is 2290. The highest BCUT2D eigenvalue weighted by Crippen LogP contribution is 2.45. The average Bonchev–Trinajstić information content (AvgIpc) is 3.80. The van der Waals surface area contributed by atoms with Gasteiger partial charge in [0.1, 0.15) is 17.0 Å². The van der Waals surface area contributed by atoms with Gasteiger partial charge in [0, 0.05) is 59.7 Å². The number of ketones is 1. The molecule has 18 heteroatoms. The maximum Gasteiger partial charge on any atom is 0.352 e. The van der Waals surface area contributed by atoms with Crippen molar-refractivity contribution in [3.63, 3.8) is 0 Å². The lowest BCUT2D eigenvalue weighted by molar-refractivity contribution is -0.663. The van der Waals surface area contributed by atoms with E-state index in [2.05, 4.69) is 31.2 Å². The Hall–Kier alpha value is -5.62. The number of β-lactam (4-membered cyclic amide) rings is 1. The van der Waals surface area contributed by atoms with Gasteiger partial charge in [0.15, 0.2) is 29.4 Å². The van der Waals surface area contributed by atoms with Crippen LogP contribution in [0.15, 0.2) is 76.3 Å². The topological polar surface area (TPSA) is 233 Å². The number of benzene rings is 1. The summed E-state index contributed by atoms with van der Waals surface area (Å²) >= 11 is 2.18. The summed E-state index contributed by atoms with van der Waals surface area (Å²) in [6.07, 6.45) is 9.35. The van der Waals surface area contributed by atoms with E-state index in [1.807, 2.05) is 47.3 Å². The fraction of sp³-hybridized carbons (Fsp3) is 0.395. The van der Waals surface area contributed by atoms with Gasteiger partial charge in [-0.2, -0.15) is 13.9 Å². The van der Waals surface area contributed by atoms with Crippen LogP contribution < -0.4 is 16.0 Å². The van der Waals surface area contributed by atoms with Gasteiger partial charge in [0.05, 0.1) is 17.3 Å². The lowest BCUT2D eigenvalue weighted by Crippen LogP contribution is -2.62. The lowest BCUT2D eigenvalue weighted by atomic mass is 9.89. The van der Waals surface area contributed by atoms with Crippen LogP contribution in [0.25, 0.3) is 11.0 Å². The number of oxime groups is 1. The highest BCUT2D eigenvalue weighted by atomic mass is 32.2. The molecule has 0 bridgehead atoms. The molecular formula is C38H42N9O7S2+. The molecular weight excluding hydrogens is 759 g/mol. The molecule has 2 aliphatic heterocycles. The summed E-state index contributed by atoms with van der Waals surface area (Å²) in [5, 5.41) is 23.0. The number of nitrogen functional groups attached to an aromatic ring is 1. The van der Waals surface area contributed by atoms with E-state index < -0.39 is 40.5 Å². The largest absolute Gasteiger partial charge is 0.478 e. The third kappa shape index (κ3) is 7.88. The third-order valence-electron chi connectivity index (χ3n) is 10.2. The van der Waals surface area contributed by atoms with Gasteiger partial charge in [-0.25, -0.2) is 9.59 Å². The van der Waals surface area contributed by atoms with Crippen molar-refractivity contribution >= 4 is 74.6 Å². The average molecular weight is 801 g/mol. The minimum absolute atomic E-state index is 0.0483. The van der Waals surface area contributed by atoms with E-state index in [1.54, 1.807) is 0 Å². The van der Waals surface area contributed by atoms with E-state index in [1.165, 1.54) is 49.8 Å². The van der Waals surface area contributed by atoms with Gasteiger partial charge in [0.2, 0.25) is 22.8 Å². The Morgan fingerprint density at radius 2 is 1.84 bits per heavy atom. The molecule has 7 rings (SSSR count). The smallest absolute Gasteiger partial charge is 0.352 e. The summed E-state index contributed by atoms with van der Waals surface area (Å²) < 4.78 is 8.11. The molecule has 292 valence electrons. The van der Waals surface area contributed by atoms with E-state index in [4.69, 9.17) is 21.3 Å². The summed E-state index contributed by atoms with van der Waals surface area (Å²) in [5.41, 5.74) is 14.2. The first kappa shape index (κ1) is 38.6. The van der Waals surface area contributed by atoms with E-state index in [0.717, 1.165) is 46.5 Å².